The molecular formula is C16H12ClFN2O. The summed E-state index contributed by atoms with van der Waals surface area (Å²) in [7, 11) is 0. The van der Waals surface area contributed by atoms with Gasteiger partial charge < -0.3 is 10.3 Å². The Morgan fingerprint density at radius 1 is 1.19 bits per heavy atom. The molecule has 0 unspecified atom stereocenters. The molecule has 0 aliphatic carbocycles. The van der Waals surface area contributed by atoms with E-state index in [0.717, 1.165) is 11.1 Å². The monoisotopic (exact) mass is 302 g/mol. The molecule has 0 fully saturated rings. The van der Waals surface area contributed by atoms with Crippen LogP contribution in [0.4, 0.5) is 10.3 Å². The molecule has 0 bridgehead atoms. The van der Waals surface area contributed by atoms with Crippen molar-refractivity contribution >= 4 is 17.5 Å². The Morgan fingerprint density at radius 2 is 2.00 bits per heavy atom. The molecule has 1 aromatic heterocycles. The lowest BCUT2D eigenvalue weighted by molar-refractivity contribution is 0.439. The lowest BCUT2D eigenvalue weighted by atomic mass is 10.00. The molecule has 0 amide bonds. The third-order valence-electron chi connectivity index (χ3n) is 3.21. The number of halogens is 2. The van der Waals surface area contributed by atoms with Gasteiger partial charge in [0.2, 0.25) is 5.88 Å². The average molecular weight is 303 g/mol. The molecule has 21 heavy (non-hydrogen) atoms. The Morgan fingerprint density at radius 3 is 2.71 bits per heavy atom. The lowest BCUT2D eigenvalue weighted by Gasteiger charge is -2.05. The van der Waals surface area contributed by atoms with Crippen LogP contribution in [0.3, 0.4) is 0 Å². The number of benzene rings is 2. The van der Waals surface area contributed by atoms with Gasteiger partial charge in [-0.05, 0) is 42.3 Å². The minimum absolute atomic E-state index is 0.132. The molecule has 1 heterocycles. The van der Waals surface area contributed by atoms with Crippen LogP contribution in [-0.4, -0.2) is 5.16 Å². The number of nitrogen functional groups attached to an aromatic ring is 1. The first-order valence-corrected chi connectivity index (χ1v) is 6.71. The largest absolute Gasteiger partial charge is 0.367 e. The fourth-order valence-corrected chi connectivity index (χ4v) is 2.41. The predicted molar refractivity (Wildman–Crippen MR) is 81.5 cm³/mol. The second kappa shape index (κ2) is 5.22. The Bertz CT molecular complexity index is 814. The first-order valence-electron chi connectivity index (χ1n) is 6.34. The van der Waals surface area contributed by atoms with Gasteiger partial charge in [0.05, 0.1) is 5.56 Å². The van der Waals surface area contributed by atoms with Crippen molar-refractivity contribution in [2.75, 3.05) is 5.73 Å². The van der Waals surface area contributed by atoms with Crippen LogP contribution >= 0.6 is 11.6 Å². The summed E-state index contributed by atoms with van der Waals surface area (Å²) >= 11 is 6.00. The van der Waals surface area contributed by atoms with Crippen molar-refractivity contribution in [3.8, 4) is 22.4 Å². The fraction of sp³-hybridized carbons (Fsp3) is 0.0625. The SMILES string of the molecule is Cc1ccc(-c2noc(N)c2-c2cccc(Cl)c2)c(F)c1. The van der Waals surface area contributed by atoms with Gasteiger partial charge in [0.15, 0.2) is 0 Å². The summed E-state index contributed by atoms with van der Waals surface area (Å²) in [6.45, 7) is 1.82. The second-order valence-electron chi connectivity index (χ2n) is 4.76. The number of hydrogen-bond donors (Lipinski definition) is 1. The van der Waals surface area contributed by atoms with Gasteiger partial charge in [-0.25, -0.2) is 4.39 Å². The van der Waals surface area contributed by atoms with Gasteiger partial charge in [0.1, 0.15) is 11.5 Å². The number of nitrogens with two attached hydrogens (primary N) is 1. The highest BCUT2D eigenvalue weighted by Crippen LogP contribution is 2.38. The van der Waals surface area contributed by atoms with Gasteiger partial charge in [-0.3, -0.25) is 0 Å². The molecule has 0 atom stereocenters. The molecular weight excluding hydrogens is 291 g/mol. The number of aryl methyl sites for hydroxylation is 1. The zero-order valence-electron chi connectivity index (χ0n) is 11.2. The maximum absolute atomic E-state index is 14.2. The molecule has 0 aliphatic heterocycles. The standard InChI is InChI=1S/C16H12ClFN2O/c1-9-5-6-12(13(18)7-9)15-14(16(19)21-20-15)10-3-2-4-11(17)8-10/h2-8H,19H2,1H3. The van der Waals surface area contributed by atoms with Gasteiger partial charge in [0.25, 0.3) is 0 Å². The highest BCUT2D eigenvalue weighted by molar-refractivity contribution is 6.30. The highest BCUT2D eigenvalue weighted by atomic mass is 35.5. The minimum atomic E-state index is -0.369. The van der Waals surface area contributed by atoms with E-state index in [9.17, 15) is 4.39 Å². The van der Waals surface area contributed by atoms with Crippen molar-refractivity contribution < 1.29 is 8.91 Å². The average Bonchev–Trinajstić information content (AvgIpc) is 2.80. The molecule has 0 radical (unpaired) electrons. The summed E-state index contributed by atoms with van der Waals surface area (Å²) < 4.78 is 19.2. The van der Waals surface area contributed by atoms with E-state index in [-0.39, 0.29) is 11.7 Å². The number of rotatable bonds is 2. The van der Waals surface area contributed by atoms with Crippen molar-refractivity contribution in [1.82, 2.24) is 5.16 Å². The van der Waals surface area contributed by atoms with E-state index in [2.05, 4.69) is 5.16 Å². The van der Waals surface area contributed by atoms with Gasteiger partial charge in [-0.1, -0.05) is 35.0 Å². The van der Waals surface area contributed by atoms with Gasteiger partial charge in [-0.2, -0.15) is 0 Å². The molecule has 0 aliphatic rings. The van der Waals surface area contributed by atoms with Crippen LogP contribution in [0.5, 0.6) is 0 Å². The molecule has 3 aromatic rings. The first-order chi connectivity index (χ1) is 10.1. The van der Waals surface area contributed by atoms with E-state index < -0.39 is 0 Å². The van der Waals surface area contributed by atoms with E-state index in [0.29, 0.717) is 21.8 Å². The topological polar surface area (TPSA) is 52.0 Å². The summed E-state index contributed by atoms with van der Waals surface area (Å²) in [4.78, 5) is 0. The van der Waals surface area contributed by atoms with Crippen LogP contribution in [0.15, 0.2) is 47.0 Å². The van der Waals surface area contributed by atoms with Crippen molar-refractivity contribution in [3.05, 3.63) is 58.9 Å². The third kappa shape index (κ3) is 2.50. The smallest absolute Gasteiger partial charge is 0.230 e. The molecule has 0 spiro atoms. The summed E-state index contributed by atoms with van der Waals surface area (Å²) in [6, 6.07) is 12.0. The summed E-state index contributed by atoms with van der Waals surface area (Å²) in [6.07, 6.45) is 0. The van der Waals surface area contributed by atoms with Crippen molar-refractivity contribution in [2.45, 2.75) is 6.92 Å². The van der Waals surface area contributed by atoms with Crippen LogP contribution in [0.25, 0.3) is 22.4 Å². The first kappa shape index (κ1) is 13.6. The molecule has 2 N–H and O–H groups in total. The van der Waals surface area contributed by atoms with Gasteiger partial charge in [0, 0.05) is 10.6 Å². The number of aromatic nitrogens is 1. The zero-order valence-corrected chi connectivity index (χ0v) is 12.0. The van der Waals surface area contributed by atoms with Crippen molar-refractivity contribution in [1.29, 1.82) is 0 Å². The van der Waals surface area contributed by atoms with Crippen LogP contribution in [0, 0.1) is 12.7 Å². The van der Waals surface area contributed by atoms with E-state index in [4.69, 9.17) is 21.9 Å². The summed E-state index contributed by atoms with van der Waals surface area (Å²) in [5.41, 5.74) is 8.66. The fourth-order valence-electron chi connectivity index (χ4n) is 2.22. The van der Waals surface area contributed by atoms with Crippen molar-refractivity contribution in [2.24, 2.45) is 0 Å². The maximum Gasteiger partial charge on any atom is 0.230 e. The summed E-state index contributed by atoms with van der Waals surface area (Å²) in [5, 5.41) is 4.46. The highest BCUT2D eigenvalue weighted by Gasteiger charge is 2.20. The number of anilines is 1. The lowest BCUT2D eigenvalue weighted by Crippen LogP contribution is -1.90. The second-order valence-corrected chi connectivity index (χ2v) is 5.20. The predicted octanol–water partition coefficient (Wildman–Crippen LogP) is 4.69. The summed E-state index contributed by atoms with van der Waals surface area (Å²) in [5.74, 6) is -0.237. The molecule has 2 aromatic carbocycles. The quantitative estimate of drug-likeness (QED) is 0.747. The van der Waals surface area contributed by atoms with E-state index in [1.54, 1.807) is 24.3 Å². The van der Waals surface area contributed by atoms with Gasteiger partial charge in [-0.15, -0.1) is 0 Å². The Kier molecular flexibility index (Phi) is 3.39. The minimum Gasteiger partial charge on any atom is -0.367 e. The van der Waals surface area contributed by atoms with Crippen LogP contribution in [0.1, 0.15) is 5.56 Å². The van der Waals surface area contributed by atoms with Crippen LogP contribution in [-0.2, 0) is 0 Å². The third-order valence-corrected chi connectivity index (χ3v) is 3.45. The Hall–Kier alpha value is -2.33. The van der Waals surface area contributed by atoms with E-state index >= 15 is 0 Å². The van der Waals surface area contributed by atoms with Gasteiger partial charge >= 0.3 is 0 Å². The van der Waals surface area contributed by atoms with E-state index in [1.165, 1.54) is 6.07 Å². The zero-order chi connectivity index (χ0) is 15.0. The molecule has 3 rings (SSSR count). The Labute approximate surface area is 126 Å². The maximum atomic E-state index is 14.2. The Balaban J connectivity index is 2.22. The molecule has 106 valence electrons. The molecule has 0 saturated heterocycles. The molecule has 0 saturated carbocycles. The molecule has 3 nitrogen and oxygen atoms in total. The normalized spacial score (nSPS) is 10.8. The van der Waals surface area contributed by atoms with Crippen LogP contribution in [0.2, 0.25) is 5.02 Å². The van der Waals surface area contributed by atoms with Crippen LogP contribution < -0.4 is 5.73 Å². The van der Waals surface area contributed by atoms with E-state index in [1.807, 2.05) is 19.1 Å². The molecule has 5 heteroatoms. The van der Waals surface area contributed by atoms with Crippen molar-refractivity contribution in [3.63, 3.8) is 0 Å². The number of nitrogens with zero attached hydrogens (tertiary/aromatic N) is 1. The number of hydrogen-bond acceptors (Lipinski definition) is 3.